The molecular weight excluding hydrogens is 264 g/mol. The zero-order valence-electron chi connectivity index (χ0n) is 12.6. The molecule has 0 aliphatic carbocycles. The molecule has 2 atom stereocenters. The lowest BCUT2D eigenvalue weighted by molar-refractivity contribution is -0.127. The van der Waals surface area contributed by atoms with E-state index in [1.807, 2.05) is 25.1 Å². The molecular formula is C17H22N2O2. The Morgan fingerprint density at radius 3 is 2.81 bits per heavy atom. The average Bonchev–Trinajstić information content (AvgIpc) is 2.62. The van der Waals surface area contributed by atoms with E-state index < -0.39 is 12.0 Å². The van der Waals surface area contributed by atoms with Crippen molar-refractivity contribution in [3.8, 4) is 0 Å². The van der Waals surface area contributed by atoms with Gasteiger partial charge in [-0.2, -0.15) is 0 Å². The standard InChI is InChI=1S/C17H22N2O2/c1-11-5-6-13(10-12(11)2)7-8-15(20)14-4-3-9-19-17(21)16(14)18/h5-8,10,14,16H,3-4,9,18H2,1-2H3,(H,19,21). The lowest BCUT2D eigenvalue weighted by Gasteiger charge is -2.16. The highest BCUT2D eigenvalue weighted by Crippen LogP contribution is 2.17. The lowest BCUT2D eigenvalue weighted by Crippen LogP contribution is -2.45. The quantitative estimate of drug-likeness (QED) is 0.831. The number of amides is 1. The number of carbonyl (C=O) groups excluding carboxylic acids is 2. The van der Waals surface area contributed by atoms with Gasteiger partial charge in [-0.1, -0.05) is 24.3 Å². The van der Waals surface area contributed by atoms with Crippen LogP contribution in [0.25, 0.3) is 6.08 Å². The van der Waals surface area contributed by atoms with Crippen LogP contribution < -0.4 is 11.1 Å². The Hall–Kier alpha value is -1.94. The van der Waals surface area contributed by atoms with Gasteiger partial charge in [0, 0.05) is 12.5 Å². The fourth-order valence-electron chi connectivity index (χ4n) is 2.50. The molecule has 3 N–H and O–H groups in total. The lowest BCUT2D eigenvalue weighted by atomic mass is 9.91. The summed E-state index contributed by atoms with van der Waals surface area (Å²) in [7, 11) is 0. The molecule has 4 nitrogen and oxygen atoms in total. The summed E-state index contributed by atoms with van der Waals surface area (Å²) >= 11 is 0. The maximum Gasteiger partial charge on any atom is 0.237 e. The monoisotopic (exact) mass is 286 g/mol. The van der Waals surface area contributed by atoms with Crippen LogP contribution in [0.2, 0.25) is 0 Å². The van der Waals surface area contributed by atoms with Crippen LogP contribution in [0.5, 0.6) is 0 Å². The molecule has 0 radical (unpaired) electrons. The van der Waals surface area contributed by atoms with Gasteiger partial charge in [-0.05, 0) is 49.5 Å². The number of benzene rings is 1. The second-order valence-corrected chi connectivity index (χ2v) is 5.64. The van der Waals surface area contributed by atoms with Crippen LogP contribution in [-0.4, -0.2) is 24.3 Å². The van der Waals surface area contributed by atoms with Gasteiger partial charge in [0.05, 0.1) is 6.04 Å². The van der Waals surface area contributed by atoms with Crippen LogP contribution in [0.1, 0.15) is 29.5 Å². The van der Waals surface area contributed by atoms with Crippen LogP contribution in [0, 0.1) is 19.8 Å². The molecule has 0 bridgehead atoms. The number of carbonyl (C=O) groups is 2. The summed E-state index contributed by atoms with van der Waals surface area (Å²) in [5.41, 5.74) is 9.27. The molecule has 21 heavy (non-hydrogen) atoms. The summed E-state index contributed by atoms with van der Waals surface area (Å²) in [5.74, 6) is -0.724. The van der Waals surface area contributed by atoms with Crippen molar-refractivity contribution in [2.45, 2.75) is 32.7 Å². The molecule has 1 amide bonds. The predicted molar refractivity (Wildman–Crippen MR) is 83.7 cm³/mol. The number of nitrogens with two attached hydrogens (primary N) is 1. The van der Waals surface area contributed by atoms with Crippen molar-refractivity contribution >= 4 is 17.8 Å². The Balaban J connectivity index is 2.10. The molecule has 0 saturated carbocycles. The zero-order valence-corrected chi connectivity index (χ0v) is 12.6. The van der Waals surface area contributed by atoms with E-state index in [4.69, 9.17) is 5.73 Å². The zero-order chi connectivity index (χ0) is 15.4. The highest BCUT2D eigenvalue weighted by Gasteiger charge is 2.30. The van der Waals surface area contributed by atoms with E-state index in [2.05, 4.69) is 12.2 Å². The van der Waals surface area contributed by atoms with Crippen molar-refractivity contribution in [3.05, 3.63) is 41.0 Å². The summed E-state index contributed by atoms with van der Waals surface area (Å²) in [6.45, 7) is 4.69. The summed E-state index contributed by atoms with van der Waals surface area (Å²) in [4.78, 5) is 24.0. The number of aryl methyl sites for hydroxylation is 2. The molecule has 1 aliphatic heterocycles. The van der Waals surface area contributed by atoms with Gasteiger partial charge in [0.1, 0.15) is 0 Å². The van der Waals surface area contributed by atoms with E-state index >= 15 is 0 Å². The van der Waals surface area contributed by atoms with Crippen molar-refractivity contribution in [2.75, 3.05) is 6.54 Å². The van der Waals surface area contributed by atoms with Crippen LogP contribution in [-0.2, 0) is 9.59 Å². The summed E-state index contributed by atoms with van der Waals surface area (Å²) in [6.07, 6.45) is 4.78. The number of allylic oxidation sites excluding steroid dienone is 1. The highest BCUT2D eigenvalue weighted by molar-refractivity contribution is 5.99. The van der Waals surface area contributed by atoms with Gasteiger partial charge in [-0.3, -0.25) is 9.59 Å². The Bertz CT molecular complexity index is 578. The highest BCUT2D eigenvalue weighted by atomic mass is 16.2. The van der Waals surface area contributed by atoms with Gasteiger partial charge in [0.2, 0.25) is 5.91 Å². The van der Waals surface area contributed by atoms with Gasteiger partial charge >= 0.3 is 0 Å². The minimum Gasteiger partial charge on any atom is -0.355 e. The Morgan fingerprint density at radius 2 is 2.10 bits per heavy atom. The van der Waals surface area contributed by atoms with E-state index in [1.54, 1.807) is 12.2 Å². The number of rotatable bonds is 3. The molecule has 1 aromatic carbocycles. The molecule has 4 heteroatoms. The molecule has 1 heterocycles. The second kappa shape index (κ2) is 6.68. The molecule has 2 unspecified atom stereocenters. The predicted octanol–water partition coefficient (Wildman–Crippen LogP) is 1.74. The molecule has 1 aromatic rings. The van der Waals surface area contributed by atoms with E-state index in [0.29, 0.717) is 13.0 Å². The smallest absolute Gasteiger partial charge is 0.237 e. The number of nitrogens with one attached hydrogen (secondary N) is 1. The molecule has 2 rings (SSSR count). The molecule has 1 saturated heterocycles. The third-order valence-electron chi connectivity index (χ3n) is 4.06. The van der Waals surface area contributed by atoms with Crippen molar-refractivity contribution in [3.63, 3.8) is 0 Å². The van der Waals surface area contributed by atoms with Gasteiger partial charge in [0.25, 0.3) is 0 Å². The summed E-state index contributed by atoms with van der Waals surface area (Å²) < 4.78 is 0. The van der Waals surface area contributed by atoms with Gasteiger partial charge in [-0.15, -0.1) is 0 Å². The average molecular weight is 286 g/mol. The van der Waals surface area contributed by atoms with E-state index in [1.165, 1.54) is 11.1 Å². The maximum atomic E-state index is 12.3. The Kier molecular flexibility index (Phi) is 4.91. The molecule has 1 aliphatic rings. The van der Waals surface area contributed by atoms with Crippen molar-refractivity contribution < 1.29 is 9.59 Å². The fraction of sp³-hybridized carbons (Fsp3) is 0.412. The minimum absolute atomic E-state index is 0.0715. The van der Waals surface area contributed by atoms with E-state index in [0.717, 1.165) is 12.0 Å². The van der Waals surface area contributed by atoms with E-state index in [9.17, 15) is 9.59 Å². The maximum absolute atomic E-state index is 12.3. The van der Waals surface area contributed by atoms with Crippen molar-refractivity contribution in [1.29, 1.82) is 0 Å². The topological polar surface area (TPSA) is 72.2 Å². The number of hydrogen-bond donors (Lipinski definition) is 2. The third-order valence-corrected chi connectivity index (χ3v) is 4.06. The first kappa shape index (κ1) is 15.4. The number of hydrogen-bond acceptors (Lipinski definition) is 3. The normalized spacial score (nSPS) is 22.9. The van der Waals surface area contributed by atoms with Crippen LogP contribution in [0.3, 0.4) is 0 Å². The molecule has 0 aromatic heterocycles. The Morgan fingerprint density at radius 1 is 1.33 bits per heavy atom. The third kappa shape index (κ3) is 3.79. The van der Waals surface area contributed by atoms with Crippen LogP contribution in [0.4, 0.5) is 0 Å². The van der Waals surface area contributed by atoms with E-state index in [-0.39, 0.29) is 11.7 Å². The first-order chi connectivity index (χ1) is 9.99. The molecule has 1 fully saturated rings. The number of ketones is 1. The van der Waals surface area contributed by atoms with Crippen LogP contribution in [0.15, 0.2) is 24.3 Å². The van der Waals surface area contributed by atoms with Crippen molar-refractivity contribution in [2.24, 2.45) is 11.7 Å². The second-order valence-electron chi connectivity index (χ2n) is 5.64. The Labute approximate surface area is 125 Å². The first-order valence-electron chi connectivity index (χ1n) is 7.31. The minimum atomic E-state index is -0.746. The molecule has 112 valence electrons. The summed E-state index contributed by atoms with van der Waals surface area (Å²) in [5, 5.41) is 2.73. The van der Waals surface area contributed by atoms with Gasteiger partial charge in [0.15, 0.2) is 5.78 Å². The first-order valence-corrected chi connectivity index (χ1v) is 7.31. The largest absolute Gasteiger partial charge is 0.355 e. The van der Waals surface area contributed by atoms with Gasteiger partial charge < -0.3 is 11.1 Å². The molecule has 0 spiro atoms. The fourth-order valence-corrected chi connectivity index (χ4v) is 2.50. The van der Waals surface area contributed by atoms with Crippen LogP contribution >= 0.6 is 0 Å². The summed E-state index contributed by atoms with van der Waals surface area (Å²) in [6, 6.07) is 5.30. The SMILES string of the molecule is Cc1ccc(C=CC(=O)C2CCCNC(=O)C2N)cc1C. The van der Waals surface area contributed by atoms with Crippen molar-refractivity contribution in [1.82, 2.24) is 5.32 Å². The van der Waals surface area contributed by atoms with Gasteiger partial charge in [-0.25, -0.2) is 0 Å².